The fourth-order valence-corrected chi connectivity index (χ4v) is 3.68. The average molecular weight is 432 g/mol. The first-order valence-corrected chi connectivity index (χ1v) is 10.1. The van der Waals surface area contributed by atoms with Gasteiger partial charge >= 0.3 is 0 Å². The van der Waals surface area contributed by atoms with Crippen molar-refractivity contribution in [2.24, 2.45) is 17.2 Å². The number of aromatic nitrogens is 4. The summed E-state index contributed by atoms with van der Waals surface area (Å²) in [5, 5.41) is 2.82. The molecule has 2 aromatic rings. The van der Waals surface area contributed by atoms with E-state index in [9.17, 15) is 14.4 Å². The second kappa shape index (κ2) is 9.66. The Kier molecular flexibility index (Phi) is 6.97. The predicted molar refractivity (Wildman–Crippen MR) is 112 cm³/mol. The Morgan fingerprint density at radius 2 is 2.00 bits per heavy atom. The molecule has 168 valence electrons. The number of nitrogens with one attached hydrogen (secondary N) is 1. The summed E-state index contributed by atoms with van der Waals surface area (Å²) in [5.74, 6) is -1.12. The maximum absolute atomic E-state index is 12.9. The van der Waals surface area contributed by atoms with Gasteiger partial charge in [-0.2, -0.15) is 0 Å². The Hall–Kier alpha value is -3.32. The number of carbonyl (C=O) groups excluding carboxylic acids is 3. The van der Waals surface area contributed by atoms with Gasteiger partial charge in [-0.05, 0) is 25.8 Å². The molecule has 0 saturated carbocycles. The molecule has 13 heteroatoms. The van der Waals surface area contributed by atoms with Crippen LogP contribution in [0.2, 0.25) is 0 Å². The first kappa shape index (κ1) is 22.4. The van der Waals surface area contributed by atoms with Crippen LogP contribution in [0.1, 0.15) is 25.7 Å². The Labute approximate surface area is 178 Å². The Morgan fingerprint density at radius 3 is 2.71 bits per heavy atom. The second-order valence-electron chi connectivity index (χ2n) is 7.60. The molecular formula is C18H28N10O3. The molecule has 3 rings (SSSR count). The molecule has 31 heavy (non-hydrogen) atoms. The number of anilines is 1. The highest BCUT2D eigenvalue weighted by Crippen LogP contribution is 2.20. The summed E-state index contributed by atoms with van der Waals surface area (Å²) in [6.45, 7) is 0.576. The van der Waals surface area contributed by atoms with Crippen molar-refractivity contribution in [1.82, 2.24) is 29.7 Å². The van der Waals surface area contributed by atoms with E-state index < -0.39 is 24.0 Å². The fourth-order valence-electron chi connectivity index (χ4n) is 3.68. The molecule has 3 heterocycles. The minimum Gasteiger partial charge on any atom is -0.382 e. The van der Waals surface area contributed by atoms with Gasteiger partial charge in [-0.1, -0.05) is 6.42 Å². The van der Waals surface area contributed by atoms with Gasteiger partial charge in [-0.15, -0.1) is 0 Å². The molecule has 1 fully saturated rings. The van der Waals surface area contributed by atoms with E-state index in [4.69, 9.17) is 22.9 Å². The number of imidazole rings is 1. The average Bonchev–Trinajstić information content (AvgIpc) is 3.33. The van der Waals surface area contributed by atoms with Gasteiger partial charge in [0.2, 0.25) is 17.7 Å². The molecule has 13 nitrogen and oxygen atoms in total. The highest BCUT2D eigenvalue weighted by molar-refractivity contribution is 5.89. The molecule has 1 saturated heterocycles. The summed E-state index contributed by atoms with van der Waals surface area (Å²) in [4.78, 5) is 50.7. The molecule has 2 aromatic heterocycles. The lowest BCUT2D eigenvalue weighted by molar-refractivity contribution is -0.137. The van der Waals surface area contributed by atoms with Gasteiger partial charge < -0.3 is 37.7 Å². The third kappa shape index (κ3) is 5.06. The molecule has 0 radical (unpaired) electrons. The van der Waals surface area contributed by atoms with E-state index in [-0.39, 0.29) is 37.1 Å². The van der Waals surface area contributed by atoms with Crippen molar-refractivity contribution in [3.8, 4) is 0 Å². The van der Waals surface area contributed by atoms with E-state index >= 15 is 0 Å². The predicted octanol–water partition coefficient (Wildman–Crippen LogP) is -2.56. The molecule has 3 amide bonds. The van der Waals surface area contributed by atoms with Crippen LogP contribution < -0.4 is 28.3 Å². The topological polar surface area (TPSA) is 214 Å². The van der Waals surface area contributed by atoms with Crippen molar-refractivity contribution >= 4 is 34.7 Å². The van der Waals surface area contributed by atoms with Gasteiger partial charge in [-0.3, -0.25) is 14.4 Å². The van der Waals surface area contributed by atoms with Crippen molar-refractivity contribution in [3.63, 3.8) is 0 Å². The number of hydrogen-bond donors (Lipinski definition) is 5. The van der Waals surface area contributed by atoms with E-state index in [2.05, 4.69) is 20.3 Å². The summed E-state index contributed by atoms with van der Waals surface area (Å²) < 4.78 is 1.52. The zero-order chi connectivity index (χ0) is 22.5. The normalized spacial score (nSPS) is 19.5. The molecule has 0 spiro atoms. The zero-order valence-electron chi connectivity index (χ0n) is 17.1. The van der Waals surface area contributed by atoms with Crippen LogP contribution >= 0.6 is 0 Å². The van der Waals surface area contributed by atoms with E-state index in [1.807, 2.05) is 0 Å². The number of fused-ring (bicyclic) bond motifs is 1. The standard InChI is InChI=1S/C18H28N10O3/c19-4-2-1-3-11(20)18(31)26-10-5-12(16(22)30)28(6-10)13(29)7-27-9-25-14-15(21)23-8-24-17(14)27/h8-12H,1-7,19-20H2,(H2,22,30)(H,26,31)(H2,21,23,24)/t10-,11-,12-/m0/s1. The van der Waals surface area contributed by atoms with Gasteiger partial charge in [0.25, 0.3) is 0 Å². The summed E-state index contributed by atoms with van der Waals surface area (Å²) in [5.41, 5.74) is 23.4. The van der Waals surface area contributed by atoms with Crippen molar-refractivity contribution in [2.45, 2.75) is 50.4 Å². The third-order valence-corrected chi connectivity index (χ3v) is 5.34. The first-order valence-electron chi connectivity index (χ1n) is 10.1. The number of hydrogen-bond acceptors (Lipinski definition) is 9. The van der Waals surface area contributed by atoms with Crippen LogP contribution in [0.3, 0.4) is 0 Å². The van der Waals surface area contributed by atoms with E-state index in [0.717, 1.165) is 12.8 Å². The molecule has 0 bridgehead atoms. The van der Waals surface area contributed by atoms with Crippen LogP contribution in [0, 0.1) is 0 Å². The molecule has 3 atom stereocenters. The molecule has 1 aliphatic rings. The maximum Gasteiger partial charge on any atom is 0.243 e. The lowest BCUT2D eigenvalue weighted by Crippen LogP contribution is -2.47. The number of nitrogen functional groups attached to an aromatic ring is 1. The molecule has 0 unspecified atom stereocenters. The number of rotatable bonds is 9. The number of likely N-dealkylation sites (tertiary alicyclic amines) is 1. The second-order valence-corrected chi connectivity index (χ2v) is 7.60. The Bertz CT molecular complexity index is 961. The molecule has 1 aliphatic heterocycles. The van der Waals surface area contributed by atoms with Crippen LogP contribution in [-0.2, 0) is 20.9 Å². The summed E-state index contributed by atoms with van der Waals surface area (Å²) >= 11 is 0. The van der Waals surface area contributed by atoms with Crippen LogP contribution in [0.25, 0.3) is 11.2 Å². The Morgan fingerprint density at radius 1 is 1.23 bits per heavy atom. The smallest absolute Gasteiger partial charge is 0.243 e. The monoisotopic (exact) mass is 432 g/mol. The largest absolute Gasteiger partial charge is 0.382 e. The lowest BCUT2D eigenvalue weighted by Gasteiger charge is -2.22. The molecule has 0 aliphatic carbocycles. The fraction of sp³-hybridized carbons (Fsp3) is 0.556. The van der Waals surface area contributed by atoms with Gasteiger partial charge in [-0.25, -0.2) is 15.0 Å². The van der Waals surface area contributed by atoms with Gasteiger partial charge in [0, 0.05) is 12.6 Å². The third-order valence-electron chi connectivity index (χ3n) is 5.34. The van der Waals surface area contributed by atoms with E-state index in [1.165, 1.54) is 22.1 Å². The van der Waals surface area contributed by atoms with Gasteiger partial charge in [0.1, 0.15) is 24.4 Å². The zero-order valence-corrected chi connectivity index (χ0v) is 17.1. The Balaban J connectivity index is 1.65. The number of nitrogens with zero attached hydrogens (tertiary/aromatic N) is 5. The number of unbranched alkanes of at least 4 members (excludes halogenated alkanes) is 1. The highest BCUT2D eigenvalue weighted by Gasteiger charge is 2.39. The summed E-state index contributed by atoms with van der Waals surface area (Å²) in [6, 6.07) is -1.93. The maximum atomic E-state index is 12.9. The van der Waals surface area contributed by atoms with Gasteiger partial charge in [0.15, 0.2) is 11.5 Å². The molecule has 0 aromatic carbocycles. The number of nitrogens with two attached hydrogens (primary N) is 4. The molecular weight excluding hydrogens is 404 g/mol. The van der Waals surface area contributed by atoms with Crippen LogP contribution in [0.5, 0.6) is 0 Å². The number of carbonyl (C=O) groups is 3. The van der Waals surface area contributed by atoms with Gasteiger partial charge in [0.05, 0.1) is 12.4 Å². The van der Waals surface area contributed by atoms with E-state index in [1.54, 1.807) is 0 Å². The van der Waals surface area contributed by atoms with Crippen molar-refractivity contribution in [2.75, 3.05) is 18.8 Å². The van der Waals surface area contributed by atoms with Crippen molar-refractivity contribution < 1.29 is 14.4 Å². The minimum absolute atomic E-state index is 0.115. The first-order chi connectivity index (χ1) is 14.8. The molecule has 9 N–H and O–H groups in total. The van der Waals surface area contributed by atoms with Crippen LogP contribution in [0.4, 0.5) is 5.82 Å². The quantitative estimate of drug-likeness (QED) is 0.263. The van der Waals surface area contributed by atoms with Crippen molar-refractivity contribution in [3.05, 3.63) is 12.7 Å². The summed E-state index contributed by atoms with van der Waals surface area (Å²) in [7, 11) is 0. The summed E-state index contributed by atoms with van der Waals surface area (Å²) in [6.07, 6.45) is 4.99. The number of primary amides is 1. The SMILES string of the molecule is NCCCC[C@H](N)C(=O)N[C@H]1C[C@@H](C(N)=O)N(C(=O)Cn2cnc3c(N)ncnc32)C1. The van der Waals surface area contributed by atoms with Crippen molar-refractivity contribution in [1.29, 1.82) is 0 Å². The van der Waals surface area contributed by atoms with E-state index in [0.29, 0.717) is 24.1 Å². The number of amides is 3. The highest BCUT2D eigenvalue weighted by atomic mass is 16.2. The lowest BCUT2D eigenvalue weighted by atomic mass is 10.1. The van der Waals surface area contributed by atoms with Crippen LogP contribution in [0.15, 0.2) is 12.7 Å². The minimum atomic E-state index is -0.833. The van der Waals surface area contributed by atoms with Crippen LogP contribution in [-0.4, -0.2) is 73.4 Å².